The molecule has 3 aromatic heterocycles. The molecule has 0 amide bonds. The molecule has 4 heterocycles. The average molecular weight is 427 g/mol. The zero-order valence-electron chi connectivity index (χ0n) is 17.9. The number of hydrogen-bond donors (Lipinski definition) is 1. The highest BCUT2D eigenvalue weighted by Gasteiger charge is 2.27. The van der Waals surface area contributed by atoms with Crippen LogP contribution in [0.3, 0.4) is 0 Å². The molecule has 0 spiro atoms. The number of pyridine rings is 1. The summed E-state index contributed by atoms with van der Waals surface area (Å²) in [5.41, 5.74) is 2.14. The maximum absolute atomic E-state index is 5.47. The second kappa shape index (κ2) is 8.19. The van der Waals surface area contributed by atoms with Crippen molar-refractivity contribution in [3.63, 3.8) is 0 Å². The summed E-state index contributed by atoms with van der Waals surface area (Å²) in [4.78, 5) is 11.3. The van der Waals surface area contributed by atoms with Crippen LogP contribution in [0.25, 0.3) is 22.0 Å². The van der Waals surface area contributed by atoms with E-state index in [2.05, 4.69) is 61.4 Å². The van der Waals surface area contributed by atoms with Gasteiger partial charge in [-0.05, 0) is 46.2 Å². The van der Waals surface area contributed by atoms with Crippen LogP contribution in [0, 0.1) is 6.92 Å². The van der Waals surface area contributed by atoms with Gasteiger partial charge in [0, 0.05) is 24.7 Å². The highest BCUT2D eigenvalue weighted by Crippen LogP contribution is 2.32. The van der Waals surface area contributed by atoms with Crippen molar-refractivity contribution < 1.29 is 4.74 Å². The Hall–Kier alpha value is -2.72. The minimum atomic E-state index is 0.0912. The van der Waals surface area contributed by atoms with Gasteiger partial charge in [0.1, 0.15) is 10.7 Å². The Kier molecular flexibility index (Phi) is 5.61. The van der Waals surface area contributed by atoms with E-state index in [-0.39, 0.29) is 5.54 Å². The molecule has 1 atom stereocenters. The SMILES string of the molecule is COc1nc(-c2cnc(N3CC[C@H](NC(C)(C)C)C3)nn2)ccc1-c1nnc(C)s1. The normalized spacial score (nSPS) is 16.8. The van der Waals surface area contributed by atoms with Crippen molar-refractivity contribution in [2.24, 2.45) is 0 Å². The van der Waals surface area contributed by atoms with E-state index < -0.39 is 0 Å². The van der Waals surface area contributed by atoms with Crippen LogP contribution < -0.4 is 15.0 Å². The molecule has 9 nitrogen and oxygen atoms in total. The van der Waals surface area contributed by atoms with Crippen LogP contribution >= 0.6 is 11.3 Å². The summed E-state index contributed by atoms with van der Waals surface area (Å²) in [6.07, 6.45) is 2.77. The molecular weight excluding hydrogens is 400 g/mol. The van der Waals surface area contributed by atoms with E-state index in [4.69, 9.17) is 4.74 Å². The predicted molar refractivity (Wildman–Crippen MR) is 117 cm³/mol. The number of rotatable bonds is 5. The van der Waals surface area contributed by atoms with Gasteiger partial charge >= 0.3 is 0 Å². The quantitative estimate of drug-likeness (QED) is 0.660. The van der Waals surface area contributed by atoms with Crippen molar-refractivity contribution >= 4 is 17.3 Å². The summed E-state index contributed by atoms with van der Waals surface area (Å²) in [6, 6.07) is 4.22. The third kappa shape index (κ3) is 4.54. The molecule has 1 N–H and O–H groups in total. The topological polar surface area (TPSA) is 102 Å². The van der Waals surface area contributed by atoms with E-state index in [1.807, 2.05) is 19.1 Å². The summed E-state index contributed by atoms with van der Waals surface area (Å²) in [5.74, 6) is 1.12. The fourth-order valence-corrected chi connectivity index (χ4v) is 4.22. The lowest BCUT2D eigenvalue weighted by Gasteiger charge is -2.25. The van der Waals surface area contributed by atoms with Gasteiger partial charge in [-0.3, -0.25) is 0 Å². The number of aromatic nitrogens is 6. The first-order valence-corrected chi connectivity index (χ1v) is 10.7. The Labute approximate surface area is 180 Å². The Morgan fingerprint density at radius 2 is 1.97 bits per heavy atom. The molecule has 0 aromatic carbocycles. The highest BCUT2D eigenvalue weighted by atomic mass is 32.1. The van der Waals surface area contributed by atoms with Crippen molar-refractivity contribution in [1.82, 2.24) is 35.7 Å². The van der Waals surface area contributed by atoms with Gasteiger partial charge in [-0.25, -0.2) is 9.97 Å². The molecule has 0 saturated carbocycles. The van der Waals surface area contributed by atoms with Gasteiger partial charge in [-0.15, -0.1) is 20.4 Å². The molecule has 1 fully saturated rings. The van der Waals surface area contributed by atoms with Crippen molar-refractivity contribution in [2.45, 2.75) is 45.7 Å². The lowest BCUT2D eigenvalue weighted by Crippen LogP contribution is -2.45. The van der Waals surface area contributed by atoms with E-state index in [1.54, 1.807) is 13.3 Å². The van der Waals surface area contributed by atoms with Crippen molar-refractivity contribution in [1.29, 1.82) is 0 Å². The molecule has 30 heavy (non-hydrogen) atoms. The Balaban J connectivity index is 1.50. The first kappa shape index (κ1) is 20.5. The first-order valence-electron chi connectivity index (χ1n) is 9.90. The largest absolute Gasteiger partial charge is 0.480 e. The van der Waals surface area contributed by atoms with Crippen LogP contribution in [0.1, 0.15) is 32.2 Å². The minimum absolute atomic E-state index is 0.0912. The highest BCUT2D eigenvalue weighted by molar-refractivity contribution is 7.14. The molecule has 0 unspecified atom stereocenters. The lowest BCUT2D eigenvalue weighted by atomic mass is 10.1. The molecule has 0 radical (unpaired) electrons. The summed E-state index contributed by atoms with van der Waals surface area (Å²) < 4.78 is 5.47. The zero-order chi connectivity index (χ0) is 21.3. The second-order valence-corrected chi connectivity index (χ2v) is 9.53. The van der Waals surface area contributed by atoms with Gasteiger partial charge in [-0.2, -0.15) is 0 Å². The summed E-state index contributed by atoms with van der Waals surface area (Å²) >= 11 is 1.50. The fraction of sp³-hybridized carbons (Fsp3) is 0.500. The molecule has 3 aromatic rings. The van der Waals surface area contributed by atoms with E-state index in [0.29, 0.717) is 29.3 Å². The molecular formula is C20H26N8OS. The standard InChI is InChI=1S/C20H26N8OS/c1-12-24-26-18(30-12)14-6-7-15(22-17(14)29-5)16-10-21-19(27-25-16)28-9-8-13(11-28)23-20(2,3)4/h6-7,10,13,23H,8-9,11H2,1-5H3/t13-/m0/s1. The smallest absolute Gasteiger partial charge is 0.245 e. The molecule has 158 valence electrons. The number of nitrogens with one attached hydrogen (secondary N) is 1. The second-order valence-electron chi connectivity index (χ2n) is 8.35. The fourth-order valence-electron chi connectivity index (χ4n) is 3.51. The van der Waals surface area contributed by atoms with Crippen LogP contribution in [-0.2, 0) is 0 Å². The number of nitrogens with zero attached hydrogens (tertiary/aromatic N) is 7. The molecule has 0 bridgehead atoms. The maximum atomic E-state index is 5.47. The lowest BCUT2D eigenvalue weighted by molar-refractivity contribution is 0.373. The van der Waals surface area contributed by atoms with Gasteiger partial charge in [0.2, 0.25) is 11.8 Å². The number of methoxy groups -OCH3 is 1. The number of anilines is 1. The maximum Gasteiger partial charge on any atom is 0.245 e. The van der Waals surface area contributed by atoms with E-state index in [1.165, 1.54) is 11.3 Å². The van der Waals surface area contributed by atoms with E-state index in [0.717, 1.165) is 35.1 Å². The summed E-state index contributed by atoms with van der Waals surface area (Å²) in [5, 5.41) is 22.2. The molecule has 10 heteroatoms. The first-order chi connectivity index (χ1) is 14.3. The molecule has 1 aliphatic heterocycles. The van der Waals surface area contributed by atoms with Gasteiger partial charge in [0.05, 0.1) is 24.6 Å². The average Bonchev–Trinajstić information content (AvgIpc) is 3.35. The van der Waals surface area contributed by atoms with Crippen LogP contribution in [0.2, 0.25) is 0 Å². The molecule has 0 aliphatic carbocycles. The van der Waals surface area contributed by atoms with E-state index >= 15 is 0 Å². The summed E-state index contributed by atoms with van der Waals surface area (Å²) in [7, 11) is 1.59. The van der Waals surface area contributed by atoms with Gasteiger partial charge in [0.25, 0.3) is 0 Å². The molecule has 1 saturated heterocycles. The van der Waals surface area contributed by atoms with Crippen LogP contribution in [0.15, 0.2) is 18.3 Å². The Morgan fingerprint density at radius 1 is 1.13 bits per heavy atom. The monoisotopic (exact) mass is 426 g/mol. The van der Waals surface area contributed by atoms with Crippen molar-refractivity contribution in [3.8, 4) is 27.8 Å². The van der Waals surface area contributed by atoms with Gasteiger partial charge in [0.15, 0.2) is 5.01 Å². The van der Waals surface area contributed by atoms with Crippen LogP contribution in [-0.4, -0.2) is 62.1 Å². The predicted octanol–water partition coefficient (Wildman–Crippen LogP) is 2.74. The van der Waals surface area contributed by atoms with Gasteiger partial charge < -0.3 is 15.0 Å². The Morgan fingerprint density at radius 3 is 2.60 bits per heavy atom. The number of aryl methyl sites for hydroxylation is 1. The molecule has 1 aliphatic rings. The van der Waals surface area contributed by atoms with Crippen LogP contribution in [0.4, 0.5) is 5.95 Å². The third-order valence-corrected chi connectivity index (χ3v) is 5.60. The van der Waals surface area contributed by atoms with E-state index in [9.17, 15) is 0 Å². The van der Waals surface area contributed by atoms with Crippen LogP contribution in [0.5, 0.6) is 5.88 Å². The van der Waals surface area contributed by atoms with Gasteiger partial charge in [-0.1, -0.05) is 11.3 Å². The van der Waals surface area contributed by atoms with Crippen molar-refractivity contribution in [3.05, 3.63) is 23.3 Å². The zero-order valence-corrected chi connectivity index (χ0v) is 18.7. The van der Waals surface area contributed by atoms with Crippen molar-refractivity contribution in [2.75, 3.05) is 25.1 Å². The minimum Gasteiger partial charge on any atom is -0.480 e. The summed E-state index contributed by atoms with van der Waals surface area (Å²) in [6.45, 7) is 10.3. The number of ether oxygens (including phenoxy) is 1. The third-order valence-electron chi connectivity index (χ3n) is 4.73. The number of hydrogen-bond acceptors (Lipinski definition) is 10. The Bertz CT molecular complexity index is 1010. The molecule has 4 rings (SSSR count).